The highest BCUT2D eigenvalue weighted by Gasteiger charge is 2.12. The van der Waals surface area contributed by atoms with Gasteiger partial charge in [-0.25, -0.2) is 9.78 Å². The SMILES string of the molecule is CCOC(=O)c1c[nH]c(SCC(=O)NCc2cccc(Cl)c2)n1. The van der Waals surface area contributed by atoms with E-state index in [-0.39, 0.29) is 17.4 Å². The molecule has 0 aliphatic rings. The average Bonchev–Trinajstić information content (AvgIpc) is 3.00. The van der Waals surface area contributed by atoms with Crippen molar-refractivity contribution in [2.75, 3.05) is 12.4 Å². The Kier molecular flexibility index (Phi) is 6.49. The number of hydrogen-bond acceptors (Lipinski definition) is 5. The van der Waals surface area contributed by atoms with E-state index < -0.39 is 5.97 Å². The van der Waals surface area contributed by atoms with E-state index in [1.54, 1.807) is 19.1 Å². The third kappa shape index (κ3) is 5.61. The van der Waals surface area contributed by atoms with Crippen molar-refractivity contribution in [2.45, 2.75) is 18.6 Å². The van der Waals surface area contributed by atoms with Crippen molar-refractivity contribution in [3.05, 3.63) is 46.7 Å². The van der Waals surface area contributed by atoms with Crippen LogP contribution in [0.3, 0.4) is 0 Å². The minimum atomic E-state index is -0.485. The molecule has 0 saturated carbocycles. The standard InChI is InChI=1S/C15H16ClN3O3S/c1-2-22-14(21)12-8-18-15(19-12)23-9-13(20)17-7-10-4-3-5-11(16)6-10/h3-6,8H,2,7,9H2,1H3,(H,17,20)(H,18,19). The zero-order valence-electron chi connectivity index (χ0n) is 12.5. The molecule has 122 valence electrons. The molecule has 0 fully saturated rings. The van der Waals surface area contributed by atoms with Crippen molar-refractivity contribution in [2.24, 2.45) is 0 Å². The third-order valence-corrected chi connectivity index (χ3v) is 3.88. The largest absolute Gasteiger partial charge is 0.461 e. The highest BCUT2D eigenvalue weighted by atomic mass is 35.5. The zero-order chi connectivity index (χ0) is 16.7. The van der Waals surface area contributed by atoms with Crippen LogP contribution in [0.2, 0.25) is 5.02 Å². The molecule has 0 unspecified atom stereocenters. The number of esters is 1. The van der Waals surface area contributed by atoms with Gasteiger partial charge < -0.3 is 15.0 Å². The molecule has 2 aromatic rings. The van der Waals surface area contributed by atoms with Crippen LogP contribution in [0, 0.1) is 0 Å². The summed E-state index contributed by atoms with van der Waals surface area (Å²) >= 11 is 7.10. The number of carbonyl (C=O) groups excluding carboxylic acids is 2. The first kappa shape index (κ1) is 17.4. The second-order valence-corrected chi connectivity index (χ2v) is 5.91. The number of rotatable bonds is 7. The van der Waals surface area contributed by atoms with Gasteiger partial charge in [0.05, 0.1) is 12.4 Å². The monoisotopic (exact) mass is 353 g/mol. The fourth-order valence-corrected chi connectivity index (χ4v) is 2.61. The van der Waals surface area contributed by atoms with Gasteiger partial charge in [-0.05, 0) is 24.6 Å². The minimum Gasteiger partial charge on any atom is -0.461 e. The van der Waals surface area contributed by atoms with Crippen LogP contribution >= 0.6 is 23.4 Å². The highest BCUT2D eigenvalue weighted by Crippen LogP contribution is 2.14. The molecule has 2 rings (SSSR count). The number of nitrogens with zero attached hydrogens (tertiary/aromatic N) is 1. The van der Waals surface area contributed by atoms with Crippen molar-refractivity contribution in [1.29, 1.82) is 0 Å². The second-order valence-electron chi connectivity index (χ2n) is 4.51. The molecule has 0 aliphatic heterocycles. The number of H-pyrrole nitrogens is 1. The van der Waals surface area contributed by atoms with Crippen molar-refractivity contribution < 1.29 is 14.3 Å². The lowest BCUT2D eigenvalue weighted by molar-refractivity contribution is -0.118. The highest BCUT2D eigenvalue weighted by molar-refractivity contribution is 7.99. The van der Waals surface area contributed by atoms with Crippen LogP contribution in [0.4, 0.5) is 0 Å². The fraction of sp³-hybridized carbons (Fsp3) is 0.267. The van der Waals surface area contributed by atoms with Gasteiger partial charge in [0, 0.05) is 17.8 Å². The van der Waals surface area contributed by atoms with Crippen LogP contribution in [0.5, 0.6) is 0 Å². The van der Waals surface area contributed by atoms with E-state index in [9.17, 15) is 9.59 Å². The summed E-state index contributed by atoms with van der Waals surface area (Å²) in [6, 6.07) is 7.30. The van der Waals surface area contributed by atoms with Crippen LogP contribution in [-0.4, -0.2) is 34.2 Å². The first-order chi connectivity index (χ1) is 11.1. The van der Waals surface area contributed by atoms with Gasteiger partial charge in [0.25, 0.3) is 0 Å². The number of ether oxygens (including phenoxy) is 1. The van der Waals surface area contributed by atoms with Crippen LogP contribution in [0.1, 0.15) is 23.0 Å². The first-order valence-electron chi connectivity index (χ1n) is 6.95. The Morgan fingerprint density at radius 2 is 2.26 bits per heavy atom. The maximum absolute atomic E-state index is 11.8. The predicted octanol–water partition coefficient (Wildman–Crippen LogP) is 2.65. The lowest BCUT2D eigenvalue weighted by atomic mass is 10.2. The van der Waals surface area contributed by atoms with E-state index in [1.165, 1.54) is 18.0 Å². The predicted molar refractivity (Wildman–Crippen MR) is 88.6 cm³/mol. The summed E-state index contributed by atoms with van der Waals surface area (Å²) in [6.07, 6.45) is 1.46. The summed E-state index contributed by atoms with van der Waals surface area (Å²) in [6.45, 7) is 2.43. The number of imidazole rings is 1. The normalized spacial score (nSPS) is 10.3. The summed E-state index contributed by atoms with van der Waals surface area (Å²) in [7, 11) is 0. The maximum atomic E-state index is 11.8. The molecule has 0 radical (unpaired) electrons. The third-order valence-electron chi connectivity index (χ3n) is 2.76. The smallest absolute Gasteiger partial charge is 0.358 e. The molecule has 1 aromatic carbocycles. The Morgan fingerprint density at radius 3 is 3.00 bits per heavy atom. The van der Waals surface area contributed by atoms with E-state index in [2.05, 4.69) is 15.3 Å². The Balaban J connectivity index is 1.77. The van der Waals surface area contributed by atoms with Gasteiger partial charge in [-0.1, -0.05) is 35.5 Å². The summed E-state index contributed by atoms with van der Waals surface area (Å²) in [5.41, 5.74) is 1.13. The van der Waals surface area contributed by atoms with Crippen molar-refractivity contribution >= 4 is 35.2 Å². The lowest BCUT2D eigenvalue weighted by Gasteiger charge is -2.04. The molecule has 0 spiro atoms. The topological polar surface area (TPSA) is 84.1 Å². The Bertz CT molecular complexity index is 690. The molecular formula is C15H16ClN3O3S. The Hall–Kier alpha value is -1.99. The summed E-state index contributed by atoms with van der Waals surface area (Å²) in [5, 5.41) is 3.92. The fourth-order valence-electron chi connectivity index (χ4n) is 1.72. The maximum Gasteiger partial charge on any atom is 0.358 e. The molecule has 6 nitrogen and oxygen atoms in total. The number of aromatic amines is 1. The van der Waals surface area contributed by atoms with Gasteiger partial charge in [-0.2, -0.15) is 0 Å². The van der Waals surface area contributed by atoms with Crippen LogP contribution in [0.15, 0.2) is 35.6 Å². The Labute approximate surface area is 143 Å². The van der Waals surface area contributed by atoms with Crippen LogP contribution in [-0.2, 0) is 16.1 Å². The lowest BCUT2D eigenvalue weighted by Crippen LogP contribution is -2.24. The molecule has 1 heterocycles. The summed E-state index contributed by atoms with van der Waals surface area (Å²) in [4.78, 5) is 30.2. The number of benzene rings is 1. The van der Waals surface area contributed by atoms with Crippen LogP contribution in [0.25, 0.3) is 0 Å². The van der Waals surface area contributed by atoms with E-state index in [4.69, 9.17) is 16.3 Å². The van der Waals surface area contributed by atoms with E-state index in [0.717, 1.165) is 5.56 Å². The summed E-state index contributed by atoms with van der Waals surface area (Å²) < 4.78 is 4.84. The molecule has 23 heavy (non-hydrogen) atoms. The minimum absolute atomic E-state index is 0.135. The van der Waals surface area contributed by atoms with Gasteiger partial charge in [0.2, 0.25) is 5.91 Å². The Morgan fingerprint density at radius 1 is 1.43 bits per heavy atom. The molecule has 8 heteroatoms. The molecular weight excluding hydrogens is 338 g/mol. The molecule has 0 bridgehead atoms. The number of aromatic nitrogens is 2. The van der Waals surface area contributed by atoms with Gasteiger partial charge in [0.15, 0.2) is 10.9 Å². The first-order valence-corrected chi connectivity index (χ1v) is 8.31. The van der Waals surface area contributed by atoms with E-state index in [0.29, 0.717) is 23.3 Å². The number of thioether (sulfide) groups is 1. The van der Waals surface area contributed by atoms with Gasteiger partial charge in [0.1, 0.15) is 0 Å². The van der Waals surface area contributed by atoms with Crippen molar-refractivity contribution in [3.63, 3.8) is 0 Å². The van der Waals surface area contributed by atoms with Crippen LogP contribution < -0.4 is 5.32 Å². The van der Waals surface area contributed by atoms with Gasteiger partial charge >= 0.3 is 5.97 Å². The zero-order valence-corrected chi connectivity index (χ0v) is 14.0. The number of hydrogen-bond donors (Lipinski definition) is 2. The summed E-state index contributed by atoms with van der Waals surface area (Å²) in [5.74, 6) is -0.429. The van der Waals surface area contributed by atoms with Crippen molar-refractivity contribution in [3.8, 4) is 0 Å². The molecule has 0 aliphatic carbocycles. The molecule has 0 atom stereocenters. The number of nitrogens with one attached hydrogen (secondary N) is 2. The quantitative estimate of drug-likeness (QED) is 0.590. The number of amides is 1. The van der Waals surface area contributed by atoms with Crippen molar-refractivity contribution in [1.82, 2.24) is 15.3 Å². The molecule has 2 N–H and O–H groups in total. The molecule has 1 aromatic heterocycles. The average molecular weight is 354 g/mol. The number of halogens is 1. The number of carbonyl (C=O) groups is 2. The molecule has 1 amide bonds. The second kappa shape index (κ2) is 8.59. The molecule has 0 saturated heterocycles. The van der Waals surface area contributed by atoms with Gasteiger partial charge in [-0.15, -0.1) is 0 Å². The van der Waals surface area contributed by atoms with Gasteiger partial charge in [-0.3, -0.25) is 4.79 Å². The van der Waals surface area contributed by atoms with E-state index in [1.807, 2.05) is 12.1 Å². The van der Waals surface area contributed by atoms with E-state index >= 15 is 0 Å².